The van der Waals surface area contributed by atoms with Crippen molar-refractivity contribution in [1.82, 2.24) is 4.90 Å². The number of nitrogens with zero attached hydrogens (tertiary/aromatic N) is 1. The first kappa shape index (κ1) is 15.4. The zero-order chi connectivity index (χ0) is 15.2. The lowest BCUT2D eigenvalue weighted by molar-refractivity contribution is -0.0909. The highest BCUT2D eigenvalue weighted by molar-refractivity contribution is 5.02. The van der Waals surface area contributed by atoms with Gasteiger partial charge in [0.15, 0.2) is 6.29 Å². The molecule has 2 aliphatic carbocycles. The summed E-state index contributed by atoms with van der Waals surface area (Å²) < 4.78 is 12.3. The Balaban J connectivity index is 1.28. The topological polar surface area (TPSA) is 21.7 Å². The van der Waals surface area contributed by atoms with Gasteiger partial charge in [-0.05, 0) is 68.4 Å². The average Bonchev–Trinajstić information content (AvgIpc) is 3.19. The van der Waals surface area contributed by atoms with Crippen molar-refractivity contribution in [3.8, 4) is 0 Å². The van der Waals surface area contributed by atoms with Gasteiger partial charge in [0.1, 0.15) is 0 Å². The molecule has 0 amide bonds. The number of fused-ring (bicyclic) bond motifs is 2. The van der Waals surface area contributed by atoms with E-state index in [0.29, 0.717) is 11.5 Å². The molecule has 3 heteroatoms. The Morgan fingerprint density at radius 3 is 2.64 bits per heavy atom. The highest BCUT2D eigenvalue weighted by Crippen LogP contribution is 2.60. The average molecular weight is 307 g/mol. The van der Waals surface area contributed by atoms with Gasteiger partial charge in [-0.25, -0.2) is 0 Å². The summed E-state index contributed by atoms with van der Waals surface area (Å²) in [6.07, 6.45) is 9.99. The predicted octanol–water partition coefficient (Wildman–Crippen LogP) is 3.68. The van der Waals surface area contributed by atoms with Crippen LogP contribution in [0.4, 0.5) is 0 Å². The molecule has 4 aliphatic rings. The van der Waals surface area contributed by atoms with Crippen molar-refractivity contribution in [2.24, 2.45) is 23.2 Å². The number of rotatable bonds is 4. The second kappa shape index (κ2) is 6.07. The summed E-state index contributed by atoms with van der Waals surface area (Å²) >= 11 is 0. The number of likely N-dealkylation sites (tertiary alicyclic amines) is 1. The van der Waals surface area contributed by atoms with Gasteiger partial charge in [0.25, 0.3) is 0 Å². The van der Waals surface area contributed by atoms with Crippen LogP contribution in [0.1, 0.15) is 58.8 Å². The smallest absolute Gasteiger partial charge is 0.158 e. The molecule has 3 nitrogen and oxygen atoms in total. The maximum Gasteiger partial charge on any atom is 0.158 e. The van der Waals surface area contributed by atoms with Gasteiger partial charge >= 0.3 is 0 Å². The summed E-state index contributed by atoms with van der Waals surface area (Å²) in [5, 5.41) is 0. The van der Waals surface area contributed by atoms with Crippen LogP contribution < -0.4 is 0 Å². The van der Waals surface area contributed by atoms with Crippen molar-refractivity contribution in [2.75, 3.05) is 26.2 Å². The zero-order valence-electron chi connectivity index (χ0n) is 14.4. The van der Waals surface area contributed by atoms with Gasteiger partial charge in [-0.2, -0.15) is 0 Å². The quantitative estimate of drug-likeness (QED) is 0.791. The number of hydrogen-bond acceptors (Lipinski definition) is 3. The van der Waals surface area contributed by atoms with Gasteiger partial charge in [0.2, 0.25) is 0 Å². The Bertz CT molecular complexity index is 391. The van der Waals surface area contributed by atoms with Gasteiger partial charge in [-0.3, -0.25) is 0 Å². The first-order valence-electron chi connectivity index (χ1n) is 9.62. The Kier molecular flexibility index (Phi) is 4.25. The van der Waals surface area contributed by atoms with Crippen molar-refractivity contribution < 1.29 is 9.47 Å². The van der Waals surface area contributed by atoms with Crippen LogP contribution in [0.3, 0.4) is 0 Å². The molecule has 2 aliphatic heterocycles. The summed E-state index contributed by atoms with van der Waals surface area (Å²) in [5.74, 6) is 2.70. The standard InChI is InChI=1S/C19H33NO2/c1-19(2)15-7-6-14(10-15)17(19)11-18-21-13-16(22-18)12-20-8-4-3-5-9-20/h14-18H,3-13H2,1-2H3/t14-,15+,16+,17+,18+/m0/s1. The molecule has 0 spiro atoms. The molecule has 2 bridgehead atoms. The Morgan fingerprint density at radius 2 is 1.91 bits per heavy atom. The van der Waals surface area contributed by atoms with E-state index < -0.39 is 0 Å². The van der Waals surface area contributed by atoms with E-state index in [4.69, 9.17) is 9.47 Å². The summed E-state index contributed by atoms with van der Waals surface area (Å²) in [6, 6.07) is 0. The van der Waals surface area contributed by atoms with Crippen molar-refractivity contribution in [3.05, 3.63) is 0 Å². The minimum atomic E-state index is 0.0680. The van der Waals surface area contributed by atoms with E-state index in [1.54, 1.807) is 0 Å². The lowest BCUT2D eigenvalue weighted by Crippen LogP contribution is -2.38. The van der Waals surface area contributed by atoms with Crippen molar-refractivity contribution >= 4 is 0 Å². The molecule has 0 aromatic heterocycles. The maximum atomic E-state index is 6.26. The molecule has 126 valence electrons. The molecule has 22 heavy (non-hydrogen) atoms. The van der Waals surface area contributed by atoms with Gasteiger partial charge < -0.3 is 14.4 Å². The van der Waals surface area contributed by atoms with Gasteiger partial charge in [0, 0.05) is 13.0 Å². The third kappa shape index (κ3) is 2.85. The van der Waals surface area contributed by atoms with Gasteiger partial charge in [-0.1, -0.05) is 20.3 Å². The fraction of sp³-hybridized carbons (Fsp3) is 1.00. The van der Waals surface area contributed by atoms with E-state index in [1.807, 2.05) is 0 Å². The maximum absolute atomic E-state index is 6.26. The van der Waals surface area contributed by atoms with E-state index in [2.05, 4.69) is 18.7 Å². The molecular weight excluding hydrogens is 274 g/mol. The molecule has 0 aromatic carbocycles. The SMILES string of the molecule is CC1(C)[C@@H]2CC[C@@H](C2)[C@H]1C[C@@H]1OC[C@@H](CN2CCCCC2)O1. The molecule has 5 atom stereocenters. The summed E-state index contributed by atoms with van der Waals surface area (Å²) in [7, 11) is 0. The second-order valence-electron chi connectivity index (χ2n) is 8.82. The minimum Gasteiger partial charge on any atom is -0.350 e. The summed E-state index contributed by atoms with van der Waals surface area (Å²) in [6.45, 7) is 9.37. The molecule has 2 heterocycles. The molecule has 2 saturated heterocycles. The fourth-order valence-electron chi connectivity index (χ4n) is 5.83. The van der Waals surface area contributed by atoms with Gasteiger partial charge in [0.05, 0.1) is 12.7 Å². The number of ether oxygens (including phenoxy) is 2. The van der Waals surface area contributed by atoms with E-state index in [9.17, 15) is 0 Å². The Morgan fingerprint density at radius 1 is 1.09 bits per heavy atom. The van der Waals surface area contributed by atoms with E-state index in [0.717, 1.165) is 37.3 Å². The molecule has 0 unspecified atom stereocenters. The van der Waals surface area contributed by atoms with Crippen LogP contribution >= 0.6 is 0 Å². The van der Waals surface area contributed by atoms with E-state index in [-0.39, 0.29) is 6.29 Å². The first-order chi connectivity index (χ1) is 10.6. The molecule has 0 N–H and O–H groups in total. The molecule has 4 fully saturated rings. The molecule has 2 saturated carbocycles. The van der Waals surface area contributed by atoms with Crippen LogP contribution in [-0.4, -0.2) is 43.5 Å². The molecule has 0 radical (unpaired) electrons. The normalized spacial score (nSPS) is 44.7. The minimum absolute atomic E-state index is 0.0680. The third-order valence-electron chi connectivity index (χ3n) is 7.22. The third-order valence-corrected chi connectivity index (χ3v) is 7.22. The highest BCUT2D eigenvalue weighted by Gasteiger charge is 2.53. The number of hydrogen-bond donors (Lipinski definition) is 0. The van der Waals surface area contributed by atoms with E-state index in [1.165, 1.54) is 51.6 Å². The fourth-order valence-corrected chi connectivity index (χ4v) is 5.83. The first-order valence-corrected chi connectivity index (χ1v) is 9.62. The van der Waals surface area contributed by atoms with E-state index >= 15 is 0 Å². The molecular formula is C19H33NO2. The van der Waals surface area contributed by atoms with Crippen molar-refractivity contribution in [2.45, 2.75) is 71.2 Å². The Labute approximate surface area is 135 Å². The van der Waals surface area contributed by atoms with Gasteiger partial charge in [-0.15, -0.1) is 0 Å². The monoisotopic (exact) mass is 307 g/mol. The van der Waals surface area contributed by atoms with Crippen LogP contribution in [0.2, 0.25) is 0 Å². The van der Waals surface area contributed by atoms with Crippen LogP contribution in [0.5, 0.6) is 0 Å². The van der Waals surface area contributed by atoms with Crippen molar-refractivity contribution in [1.29, 1.82) is 0 Å². The Hall–Kier alpha value is -0.120. The van der Waals surface area contributed by atoms with Crippen LogP contribution in [0, 0.1) is 23.2 Å². The van der Waals surface area contributed by atoms with Crippen molar-refractivity contribution in [3.63, 3.8) is 0 Å². The van der Waals surface area contributed by atoms with Crippen LogP contribution in [0.15, 0.2) is 0 Å². The largest absolute Gasteiger partial charge is 0.350 e. The summed E-state index contributed by atoms with van der Waals surface area (Å²) in [5.41, 5.74) is 0.501. The van der Waals surface area contributed by atoms with Crippen LogP contribution in [-0.2, 0) is 9.47 Å². The predicted molar refractivity (Wildman–Crippen MR) is 87.6 cm³/mol. The second-order valence-corrected chi connectivity index (χ2v) is 8.82. The molecule has 4 rings (SSSR count). The molecule has 0 aromatic rings. The lowest BCUT2D eigenvalue weighted by Gasteiger charge is -2.39. The highest BCUT2D eigenvalue weighted by atomic mass is 16.7. The number of piperidine rings is 1. The van der Waals surface area contributed by atoms with Crippen LogP contribution in [0.25, 0.3) is 0 Å². The lowest BCUT2D eigenvalue weighted by atomic mass is 9.67. The summed E-state index contributed by atoms with van der Waals surface area (Å²) in [4.78, 5) is 2.57. The zero-order valence-corrected chi connectivity index (χ0v) is 14.4.